The molecule has 1 rings (SSSR count). The zero-order valence-electron chi connectivity index (χ0n) is 11.9. The number of halogens is 1. The molecule has 19 heavy (non-hydrogen) atoms. The number of amides is 1. The average molecular weight is 376 g/mol. The van der Waals surface area contributed by atoms with Gasteiger partial charge in [0.1, 0.15) is 5.75 Å². The van der Waals surface area contributed by atoms with Crippen LogP contribution < -0.4 is 10.1 Å². The molecule has 1 atom stereocenters. The van der Waals surface area contributed by atoms with Gasteiger partial charge in [-0.05, 0) is 45.1 Å². The number of ether oxygens (including phenoxy) is 1. The number of alkyl halides is 1. The summed E-state index contributed by atoms with van der Waals surface area (Å²) in [6.45, 7) is 4.74. The van der Waals surface area contributed by atoms with Gasteiger partial charge >= 0.3 is 6.09 Å². The molecule has 0 bridgehead atoms. The highest BCUT2D eigenvalue weighted by Crippen LogP contribution is 2.34. The Hall–Kier alpha value is -0.820. The monoisotopic (exact) mass is 376 g/mol. The first-order valence-corrected chi connectivity index (χ1v) is 7.38. The maximum absolute atomic E-state index is 11.5. The molecule has 1 aromatic carbocycles. The number of hydrogen-bond donors (Lipinski definition) is 1. The van der Waals surface area contributed by atoms with Gasteiger partial charge in [0.05, 0.1) is 3.55 Å². The predicted molar refractivity (Wildman–Crippen MR) is 85.8 cm³/mol. The fraction of sp³-hybridized carbons (Fsp3) is 0.500. The zero-order chi connectivity index (χ0) is 14.5. The van der Waals surface area contributed by atoms with Crippen LogP contribution in [-0.4, -0.2) is 31.6 Å². The van der Waals surface area contributed by atoms with E-state index in [0.29, 0.717) is 12.3 Å². The maximum Gasteiger partial charge on any atom is 0.412 e. The Balaban J connectivity index is 2.80. The van der Waals surface area contributed by atoms with Crippen molar-refractivity contribution < 1.29 is 9.53 Å². The molecule has 0 heterocycles. The molecule has 5 heteroatoms. The summed E-state index contributed by atoms with van der Waals surface area (Å²) >= 11 is 2.37. The molecule has 0 saturated carbocycles. The van der Waals surface area contributed by atoms with Gasteiger partial charge in [-0.15, -0.1) is 0 Å². The second-order valence-electron chi connectivity index (χ2n) is 4.69. The van der Waals surface area contributed by atoms with Gasteiger partial charge in [0, 0.05) is 6.54 Å². The summed E-state index contributed by atoms with van der Waals surface area (Å²) in [6.07, 6.45) is 0.487. The lowest BCUT2D eigenvalue weighted by Gasteiger charge is -2.31. The summed E-state index contributed by atoms with van der Waals surface area (Å²) in [6, 6.07) is 7.62. The van der Waals surface area contributed by atoms with Gasteiger partial charge in [-0.1, -0.05) is 41.6 Å². The molecular weight excluding hydrogens is 355 g/mol. The van der Waals surface area contributed by atoms with Crippen molar-refractivity contribution >= 4 is 28.7 Å². The van der Waals surface area contributed by atoms with Gasteiger partial charge in [-0.2, -0.15) is 0 Å². The fourth-order valence-corrected chi connectivity index (χ4v) is 1.81. The normalized spacial score (nSPS) is 14.0. The van der Waals surface area contributed by atoms with E-state index in [4.69, 9.17) is 4.74 Å². The Morgan fingerprint density at radius 1 is 1.47 bits per heavy atom. The minimum Gasteiger partial charge on any atom is -0.410 e. The van der Waals surface area contributed by atoms with Crippen molar-refractivity contribution in [1.29, 1.82) is 0 Å². The lowest BCUT2D eigenvalue weighted by atomic mass is 10.1. The van der Waals surface area contributed by atoms with Crippen LogP contribution in [0.15, 0.2) is 24.3 Å². The van der Waals surface area contributed by atoms with Crippen molar-refractivity contribution in [3.8, 4) is 5.75 Å². The number of nitrogens with zero attached hydrogens (tertiary/aromatic N) is 1. The summed E-state index contributed by atoms with van der Waals surface area (Å²) in [5.41, 5.74) is 1.10. The molecule has 0 radical (unpaired) electrons. The van der Waals surface area contributed by atoms with Crippen LogP contribution >= 0.6 is 22.6 Å². The van der Waals surface area contributed by atoms with Crippen molar-refractivity contribution in [2.75, 3.05) is 20.6 Å². The van der Waals surface area contributed by atoms with E-state index in [2.05, 4.69) is 39.7 Å². The fourth-order valence-electron chi connectivity index (χ4n) is 1.47. The largest absolute Gasteiger partial charge is 0.412 e. The molecule has 106 valence electrons. The molecule has 0 saturated heterocycles. The van der Waals surface area contributed by atoms with Crippen molar-refractivity contribution in [3.05, 3.63) is 29.8 Å². The van der Waals surface area contributed by atoms with Gasteiger partial charge < -0.3 is 10.1 Å². The van der Waals surface area contributed by atoms with Gasteiger partial charge in [0.25, 0.3) is 0 Å². The molecule has 0 spiro atoms. The Labute approximate surface area is 128 Å². The topological polar surface area (TPSA) is 41.6 Å². The molecular formula is C14H21IN2O2. The number of hydrogen-bond acceptors (Lipinski definition) is 3. The molecule has 1 N–H and O–H groups in total. The Morgan fingerprint density at radius 2 is 2.16 bits per heavy atom. The maximum atomic E-state index is 11.5. The van der Waals surface area contributed by atoms with Crippen LogP contribution in [0.4, 0.5) is 4.79 Å². The van der Waals surface area contributed by atoms with Crippen LogP contribution in [0.5, 0.6) is 5.75 Å². The molecule has 0 aliphatic carbocycles. The first-order chi connectivity index (χ1) is 8.87. The number of carbonyl (C=O) groups excluding carboxylic acids is 1. The number of rotatable bonds is 5. The summed E-state index contributed by atoms with van der Waals surface area (Å²) in [4.78, 5) is 13.6. The van der Waals surface area contributed by atoms with Crippen molar-refractivity contribution in [1.82, 2.24) is 10.2 Å². The highest BCUT2D eigenvalue weighted by atomic mass is 127. The first-order valence-electron chi connectivity index (χ1n) is 6.30. The molecule has 0 aliphatic heterocycles. The second kappa shape index (κ2) is 7.09. The number of benzene rings is 1. The van der Waals surface area contributed by atoms with Gasteiger partial charge in [-0.25, -0.2) is 4.79 Å². The van der Waals surface area contributed by atoms with E-state index < -0.39 is 6.09 Å². The Morgan fingerprint density at radius 3 is 2.74 bits per heavy atom. The van der Waals surface area contributed by atoms with E-state index in [1.165, 1.54) is 0 Å². The van der Waals surface area contributed by atoms with E-state index in [0.717, 1.165) is 12.0 Å². The zero-order valence-corrected chi connectivity index (χ0v) is 14.0. The van der Waals surface area contributed by atoms with Crippen LogP contribution in [0.3, 0.4) is 0 Å². The molecule has 0 unspecified atom stereocenters. The highest BCUT2D eigenvalue weighted by Gasteiger charge is 2.25. The Bertz CT molecular complexity index is 433. The van der Waals surface area contributed by atoms with Crippen LogP contribution in [0.2, 0.25) is 0 Å². The number of nitrogens with one attached hydrogen (secondary N) is 1. The lowest BCUT2D eigenvalue weighted by Crippen LogP contribution is -2.32. The first kappa shape index (κ1) is 16.2. The SMILES string of the molecule is CCCNC(=O)Oc1cccc([C@](C)(I)N(C)C)c1. The molecule has 0 fully saturated rings. The van der Waals surface area contributed by atoms with E-state index in [9.17, 15) is 4.79 Å². The van der Waals surface area contributed by atoms with E-state index >= 15 is 0 Å². The van der Waals surface area contributed by atoms with Crippen molar-refractivity contribution in [2.45, 2.75) is 23.8 Å². The van der Waals surface area contributed by atoms with Gasteiger partial charge in [-0.3, -0.25) is 4.90 Å². The van der Waals surface area contributed by atoms with Crippen LogP contribution in [0, 0.1) is 0 Å². The van der Waals surface area contributed by atoms with Crippen LogP contribution in [0.1, 0.15) is 25.8 Å². The van der Waals surface area contributed by atoms with Crippen LogP contribution in [0.25, 0.3) is 0 Å². The van der Waals surface area contributed by atoms with Crippen molar-refractivity contribution in [2.24, 2.45) is 0 Å². The predicted octanol–water partition coefficient (Wildman–Crippen LogP) is 3.35. The van der Waals surface area contributed by atoms with Crippen LogP contribution in [-0.2, 0) is 3.55 Å². The van der Waals surface area contributed by atoms with E-state index in [-0.39, 0.29) is 3.55 Å². The lowest BCUT2D eigenvalue weighted by molar-refractivity contribution is 0.200. The third-order valence-electron chi connectivity index (χ3n) is 2.93. The molecule has 1 amide bonds. The minimum atomic E-state index is -0.404. The summed E-state index contributed by atoms with van der Waals surface area (Å²) < 4.78 is 5.12. The standard InChI is InChI=1S/C14H21IN2O2/c1-5-9-16-13(18)19-12-8-6-7-11(10-12)14(2,15)17(3)4/h6-8,10H,5,9H2,1-4H3,(H,16,18)/t14-/m1/s1. The summed E-state index contributed by atoms with van der Waals surface area (Å²) in [5, 5.41) is 2.69. The number of carbonyl (C=O) groups is 1. The Kier molecular flexibility index (Phi) is 6.06. The van der Waals surface area contributed by atoms with Crippen molar-refractivity contribution in [3.63, 3.8) is 0 Å². The quantitative estimate of drug-likeness (QED) is 0.487. The van der Waals surface area contributed by atoms with E-state index in [1.807, 2.05) is 39.2 Å². The van der Waals surface area contributed by atoms with Gasteiger partial charge in [0.2, 0.25) is 0 Å². The minimum absolute atomic E-state index is 0.142. The van der Waals surface area contributed by atoms with Gasteiger partial charge in [0.15, 0.2) is 0 Å². The average Bonchev–Trinajstić information content (AvgIpc) is 2.36. The second-order valence-corrected chi connectivity index (χ2v) is 6.79. The highest BCUT2D eigenvalue weighted by molar-refractivity contribution is 14.1. The smallest absolute Gasteiger partial charge is 0.410 e. The molecule has 0 aromatic heterocycles. The summed E-state index contributed by atoms with van der Waals surface area (Å²) in [5.74, 6) is 0.566. The summed E-state index contributed by atoms with van der Waals surface area (Å²) in [7, 11) is 4.04. The third-order valence-corrected chi connectivity index (χ3v) is 4.52. The third kappa shape index (κ3) is 4.65. The van der Waals surface area contributed by atoms with E-state index in [1.54, 1.807) is 6.07 Å². The molecule has 1 aromatic rings. The molecule has 4 nitrogen and oxygen atoms in total. The molecule has 0 aliphatic rings.